The summed E-state index contributed by atoms with van der Waals surface area (Å²) in [7, 11) is 1.51. The number of aliphatic carboxylic acids is 1. The van der Waals surface area contributed by atoms with Gasteiger partial charge in [-0.25, -0.2) is 4.79 Å². The van der Waals surface area contributed by atoms with Crippen LogP contribution >= 0.6 is 0 Å². The second kappa shape index (κ2) is 8.39. The fourth-order valence-electron chi connectivity index (χ4n) is 2.71. The molecule has 0 spiro atoms. The standard InChI is InChI=1S/C21H18O8/c1-3-6-27-18-7-12(4-5-16(18)26-2)17-10-15(23)21-14(22)8-13(9-19(21)29-17)28-11-20(24)25/h3-5,7-10,22H,1,6,11H2,2H3,(H,24,25). The van der Waals surface area contributed by atoms with Crippen LogP contribution in [0.2, 0.25) is 0 Å². The number of aromatic hydroxyl groups is 1. The Bertz CT molecular complexity index is 1130. The molecule has 150 valence electrons. The molecule has 0 amide bonds. The van der Waals surface area contributed by atoms with Crippen LogP contribution in [0.5, 0.6) is 23.0 Å². The van der Waals surface area contributed by atoms with Crippen LogP contribution in [0.4, 0.5) is 0 Å². The van der Waals surface area contributed by atoms with Crippen LogP contribution in [0.1, 0.15) is 0 Å². The molecule has 0 radical (unpaired) electrons. The van der Waals surface area contributed by atoms with Gasteiger partial charge in [0.25, 0.3) is 0 Å². The van der Waals surface area contributed by atoms with Crippen LogP contribution in [-0.4, -0.2) is 36.5 Å². The van der Waals surface area contributed by atoms with Crippen LogP contribution in [0.25, 0.3) is 22.3 Å². The van der Waals surface area contributed by atoms with Gasteiger partial charge in [-0.15, -0.1) is 0 Å². The van der Waals surface area contributed by atoms with E-state index in [1.807, 2.05) is 0 Å². The zero-order valence-electron chi connectivity index (χ0n) is 15.5. The van der Waals surface area contributed by atoms with Gasteiger partial charge < -0.3 is 28.8 Å². The normalized spacial score (nSPS) is 10.5. The summed E-state index contributed by atoms with van der Waals surface area (Å²) in [5.41, 5.74) is 0.130. The van der Waals surface area contributed by atoms with Crippen molar-refractivity contribution in [3.05, 3.63) is 59.3 Å². The van der Waals surface area contributed by atoms with Gasteiger partial charge in [0.05, 0.1) is 7.11 Å². The van der Waals surface area contributed by atoms with Gasteiger partial charge in [0.2, 0.25) is 0 Å². The molecule has 2 aromatic carbocycles. The Morgan fingerprint density at radius 3 is 2.66 bits per heavy atom. The molecule has 3 rings (SSSR count). The molecule has 0 saturated heterocycles. The Kier molecular flexibility index (Phi) is 5.73. The number of phenols is 1. The molecule has 0 fully saturated rings. The van der Waals surface area contributed by atoms with E-state index in [9.17, 15) is 14.7 Å². The van der Waals surface area contributed by atoms with Crippen molar-refractivity contribution >= 4 is 16.9 Å². The SMILES string of the molecule is C=CCOc1cc(-c2cc(=O)c3c(O)cc(OCC(=O)O)cc3o2)ccc1OC. The van der Waals surface area contributed by atoms with Gasteiger partial charge in [0.15, 0.2) is 23.5 Å². The number of hydrogen-bond donors (Lipinski definition) is 2. The first kappa shape index (κ1) is 19.8. The molecule has 8 heteroatoms. The van der Waals surface area contributed by atoms with Crippen molar-refractivity contribution in [2.45, 2.75) is 0 Å². The van der Waals surface area contributed by atoms with Gasteiger partial charge in [-0.3, -0.25) is 4.79 Å². The smallest absolute Gasteiger partial charge is 0.341 e. The highest BCUT2D eigenvalue weighted by Gasteiger charge is 2.15. The molecule has 0 aliphatic rings. The summed E-state index contributed by atoms with van der Waals surface area (Å²) in [4.78, 5) is 23.2. The summed E-state index contributed by atoms with van der Waals surface area (Å²) in [5, 5.41) is 18.8. The van der Waals surface area contributed by atoms with E-state index in [1.165, 1.54) is 19.2 Å². The lowest BCUT2D eigenvalue weighted by atomic mass is 10.1. The Balaban J connectivity index is 2.09. The third kappa shape index (κ3) is 4.32. The summed E-state index contributed by atoms with van der Waals surface area (Å²) in [5.74, 6) is -0.321. The number of carbonyl (C=O) groups is 1. The third-order valence-electron chi connectivity index (χ3n) is 3.95. The van der Waals surface area contributed by atoms with Gasteiger partial charge >= 0.3 is 5.97 Å². The minimum atomic E-state index is -1.18. The molecule has 0 saturated carbocycles. The number of hydrogen-bond acceptors (Lipinski definition) is 7. The van der Waals surface area contributed by atoms with E-state index in [0.717, 1.165) is 6.07 Å². The second-order valence-electron chi connectivity index (χ2n) is 5.94. The molecule has 1 heterocycles. The highest BCUT2D eigenvalue weighted by Crippen LogP contribution is 2.35. The van der Waals surface area contributed by atoms with E-state index in [4.69, 9.17) is 23.7 Å². The number of methoxy groups -OCH3 is 1. The monoisotopic (exact) mass is 398 g/mol. The van der Waals surface area contributed by atoms with Crippen LogP contribution in [0, 0.1) is 0 Å². The zero-order valence-corrected chi connectivity index (χ0v) is 15.5. The molecule has 0 aliphatic heterocycles. The fourth-order valence-corrected chi connectivity index (χ4v) is 2.71. The van der Waals surface area contributed by atoms with Crippen molar-refractivity contribution in [1.82, 2.24) is 0 Å². The number of carboxylic acid groups (broad SMARTS) is 1. The predicted octanol–water partition coefficient (Wildman–Crippen LogP) is 3.20. The van der Waals surface area contributed by atoms with Crippen LogP contribution in [-0.2, 0) is 4.79 Å². The molecule has 0 unspecified atom stereocenters. The lowest BCUT2D eigenvalue weighted by molar-refractivity contribution is -0.139. The summed E-state index contributed by atoms with van der Waals surface area (Å²) < 4.78 is 21.7. The van der Waals surface area contributed by atoms with E-state index < -0.39 is 18.0 Å². The molecule has 3 aromatic rings. The highest BCUT2D eigenvalue weighted by molar-refractivity contribution is 5.86. The van der Waals surface area contributed by atoms with Gasteiger partial charge in [0.1, 0.15) is 34.8 Å². The van der Waals surface area contributed by atoms with Crippen LogP contribution in [0.3, 0.4) is 0 Å². The quantitative estimate of drug-likeness (QED) is 0.556. The van der Waals surface area contributed by atoms with E-state index in [1.54, 1.807) is 24.3 Å². The molecular weight excluding hydrogens is 380 g/mol. The van der Waals surface area contributed by atoms with Crippen LogP contribution < -0.4 is 19.6 Å². The number of fused-ring (bicyclic) bond motifs is 1. The average Bonchev–Trinajstić information content (AvgIpc) is 2.69. The van der Waals surface area contributed by atoms with Crippen molar-refractivity contribution in [3.63, 3.8) is 0 Å². The van der Waals surface area contributed by atoms with Crippen LogP contribution in [0.15, 0.2) is 58.3 Å². The van der Waals surface area contributed by atoms with Gasteiger partial charge in [-0.05, 0) is 18.2 Å². The molecule has 0 aliphatic carbocycles. The Hall–Kier alpha value is -3.94. The molecular formula is C21H18O8. The summed E-state index contributed by atoms with van der Waals surface area (Å²) >= 11 is 0. The number of rotatable bonds is 8. The topological polar surface area (TPSA) is 115 Å². The molecule has 0 atom stereocenters. The van der Waals surface area contributed by atoms with Gasteiger partial charge in [0, 0.05) is 23.8 Å². The number of ether oxygens (including phenoxy) is 3. The minimum absolute atomic E-state index is 0.0342. The maximum atomic E-state index is 12.5. The largest absolute Gasteiger partial charge is 0.507 e. The van der Waals surface area contributed by atoms with Crippen molar-refractivity contribution in [3.8, 4) is 34.3 Å². The van der Waals surface area contributed by atoms with Crippen molar-refractivity contribution in [2.24, 2.45) is 0 Å². The first-order chi connectivity index (χ1) is 13.9. The van der Waals surface area contributed by atoms with E-state index in [-0.39, 0.29) is 34.8 Å². The highest BCUT2D eigenvalue weighted by atomic mass is 16.5. The van der Waals surface area contributed by atoms with E-state index >= 15 is 0 Å². The molecule has 2 N–H and O–H groups in total. The molecule has 8 nitrogen and oxygen atoms in total. The van der Waals surface area contributed by atoms with E-state index in [2.05, 4.69) is 6.58 Å². The lowest BCUT2D eigenvalue weighted by Crippen LogP contribution is -2.09. The maximum Gasteiger partial charge on any atom is 0.341 e. The maximum absolute atomic E-state index is 12.5. The number of benzene rings is 2. The van der Waals surface area contributed by atoms with Crippen molar-refractivity contribution in [2.75, 3.05) is 20.3 Å². The summed E-state index contributed by atoms with van der Waals surface area (Å²) in [6.07, 6.45) is 1.59. The fraction of sp³-hybridized carbons (Fsp3) is 0.143. The lowest BCUT2D eigenvalue weighted by Gasteiger charge is -2.12. The molecule has 0 bridgehead atoms. The Morgan fingerprint density at radius 2 is 1.97 bits per heavy atom. The molecule has 1 aromatic heterocycles. The Labute approximate surface area is 165 Å². The summed E-state index contributed by atoms with van der Waals surface area (Å²) in [6.45, 7) is 3.27. The van der Waals surface area contributed by atoms with Crippen molar-refractivity contribution in [1.29, 1.82) is 0 Å². The van der Waals surface area contributed by atoms with E-state index in [0.29, 0.717) is 17.1 Å². The average molecular weight is 398 g/mol. The summed E-state index contributed by atoms with van der Waals surface area (Å²) in [6, 6.07) is 8.77. The minimum Gasteiger partial charge on any atom is -0.507 e. The number of carboxylic acids is 1. The first-order valence-electron chi connectivity index (χ1n) is 8.50. The Morgan fingerprint density at radius 1 is 1.17 bits per heavy atom. The zero-order chi connectivity index (χ0) is 21.0. The number of phenolic OH excluding ortho intramolecular Hbond substituents is 1. The predicted molar refractivity (Wildman–Crippen MR) is 105 cm³/mol. The van der Waals surface area contributed by atoms with Gasteiger partial charge in [-0.2, -0.15) is 0 Å². The van der Waals surface area contributed by atoms with Gasteiger partial charge in [-0.1, -0.05) is 12.7 Å². The third-order valence-corrected chi connectivity index (χ3v) is 3.95. The van der Waals surface area contributed by atoms with Crippen molar-refractivity contribution < 1.29 is 33.6 Å². The molecule has 29 heavy (non-hydrogen) atoms. The second-order valence-corrected chi connectivity index (χ2v) is 5.94. The first-order valence-corrected chi connectivity index (χ1v) is 8.50.